The molecule has 102 valence electrons. The molecular formula is C15H10ClIO3. The largest absolute Gasteiger partial charge is 0.504 e. The summed E-state index contributed by atoms with van der Waals surface area (Å²) in [5.41, 5.74) is 1.11. The van der Waals surface area contributed by atoms with Gasteiger partial charge in [-0.25, -0.2) is 0 Å². The summed E-state index contributed by atoms with van der Waals surface area (Å²) in [4.78, 5) is 11.9. The Morgan fingerprint density at radius 2 is 1.80 bits per heavy atom. The first-order valence-electron chi connectivity index (χ1n) is 5.67. The monoisotopic (exact) mass is 400 g/mol. The van der Waals surface area contributed by atoms with Crippen LogP contribution in [0.1, 0.15) is 15.9 Å². The minimum absolute atomic E-state index is 0.0337. The van der Waals surface area contributed by atoms with Gasteiger partial charge in [0.25, 0.3) is 0 Å². The van der Waals surface area contributed by atoms with E-state index in [4.69, 9.17) is 11.6 Å². The molecule has 0 aliphatic heterocycles. The van der Waals surface area contributed by atoms with E-state index in [9.17, 15) is 15.0 Å². The van der Waals surface area contributed by atoms with Crippen molar-refractivity contribution in [2.24, 2.45) is 0 Å². The van der Waals surface area contributed by atoms with Crippen LogP contribution in [0.4, 0.5) is 0 Å². The summed E-state index contributed by atoms with van der Waals surface area (Å²) in [7, 11) is 0. The Morgan fingerprint density at radius 1 is 1.15 bits per heavy atom. The molecule has 3 nitrogen and oxygen atoms in total. The Hall–Kier alpha value is -1.53. The van der Waals surface area contributed by atoms with Crippen LogP contribution in [-0.2, 0) is 0 Å². The average Bonchev–Trinajstić information content (AvgIpc) is 2.42. The Bertz CT molecular complexity index is 655. The van der Waals surface area contributed by atoms with Gasteiger partial charge in [-0.15, -0.1) is 0 Å². The summed E-state index contributed by atoms with van der Waals surface area (Å²) in [6, 6.07) is 9.99. The molecule has 0 amide bonds. The molecule has 0 unspecified atom stereocenters. The fourth-order valence-electron chi connectivity index (χ4n) is 1.58. The predicted molar refractivity (Wildman–Crippen MR) is 87.3 cm³/mol. The van der Waals surface area contributed by atoms with Gasteiger partial charge in [0.15, 0.2) is 17.3 Å². The second kappa shape index (κ2) is 6.28. The van der Waals surface area contributed by atoms with Crippen molar-refractivity contribution in [2.75, 3.05) is 0 Å². The van der Waals surface area contributed by atoms with Gasteiger partial charge < -0.3 is 10.2 Å². The third-order valence-electron chi connectivity index (χ3n) is 2.62. The summed E-state index contributed by atoms with van der Waals surface area (Å²) in [5.74, 6) is -0.836. The number of aromatic hydroxyl groups is 2. The third-order valence-corrected chi connectivity index (χ3v) is 3.63. The molecule has 0 aliphatic carbocycles. The number of allylic oxidation sites excluding steroid dienone is 1. The van der Waals surface area contributed by atoms with Gasteiger partial charge in [-0.1, -0.05) is 29.8 Å². The Kier molecular flexibility index (Phi) is 4.67. The van der Waals surface area contributed by atoms with Gasteiger partial charge in [0.2, 0.25) is 0 Å². The molecule has 5 heteroatoms. The van der Waals surface area contributed by atoms with Crippen molar-refractivity contribution in [3.05, 3.63) is 62.2 Å². The van der Waals surface area contributed by atoms with Gasteiger partial charge in [-0.3, -0.25) is 4.79 Å². The lowest BCUT2D eigenvalue weighted by molar-refractivity contribution is 0.104. The van der Waals surface area contributed by atoms with E-state index in [0.29, 0.717) is 11.1 Å². The molecular weight excluding hydrogens is 391 g/mol. The van der Waals surface area contributed by atoms with Gasteiger partial charge in [0.1, 0.15) is 0 Å². The standard InChI is InChI=1S/C15H10ClIO3/c16-12-7-9(8-14(19)15(12)20)1-6-13(18)10-2-4-11(17)5-3-10/h1-8,19-20H/b6-1+. The Labute approximate surface area is 134 Å². The van der Waals surface area contributed by atoms with Crippen molar-refractivity contribution >= 4 is 46.1 Å². The number of ketones is 1. The first-order chi connectivity index (χ1) is 9.47. The SMILES string of the molecule is O=C(/C=C/c1cc(O)c(O)c(Cl)c1)c1ccc(I)cc1. The van der Waals surface area contributed by atoms with Crippen LogP contribution in [0.15, 0.2) is 42.5 Å². The van der Waals surface area contributed by atoms with Crippen LogP contribution in [0, 0.1) is 3.57 Å². The lowest BCUT2D eigenvalue weighted by atomic mass is 10.1. The zero-order valence-corrected chi connectivity index (χ0v) is 13.1. The molecule has 0 fully saturated rings. The summed E-state index contributed by atoms with van der Waals surface area (Å²) >= 11 is 7.90. The van der Waals surface area contributed by atoms with E-state index in [0.717, 1.165) is 3.57 Å². The predicted octanol–water partition coefficient (Wildman–Crippen LogP) is 4.25. The first kappa shape index (κ1) is 14.9. The lowest BCUT2D eigenvalue weighted by Gasteiger charge is -2.02. The van der Waals surface area contributed by atoms with E-state index in [1.54, 1.807) is 12.1 Å². The van der Waals surface area contributed by atoms with Gasteiger partial charge in [-0.2, -0.15) is 0 Å². The molecule has 2 rings (SSSR count). The molecule has 0 heterocycles. The molecule has 0 bridgehead atoms. The number of hydrogen-bond acceptors (Lipinski definition) is 3. The topological polar surface area (TPSA) is 57.5 Å². The molecule has 0 atom stereocenters. The van der Waals surface area contributed by atoms with E-state index in [-0.39, 0.29) is 22.3 Å². The minimum Gasteiger partial charge on any atom is -0.504 e. The minimum atomic E-state index is -0.368. The maximum atomic E-state index is 11.9. The molecule has 0 aromatic heterocycles. The highest BCUT2D eigenvalue weighted by Crippen LogP contribution is 2.34. The summed E-state index contributed by atoms with van der Waals surface area (Å²) < 4.78 is 1.05. The van der Waals surface area contributed by atoms with E-state index >= 15 is 0 Å². The highest BCUT2D eigenvalue weighted by Gasteiger charge is 2.06. The number of hydrogen-bond donors (Lipinski definition) is 2. The summed E-state index contributed by atoms with van der Waals surface area (Å²) in [6.07, 6.45) is 2.93. The normalized spacial score (nSPS) is 10.9. The van der Waals surface area contributed by atoms with Crippen LogP contribution in [0.2, 0.25) is 5.02 Å². The molecule has 2 N–H and O–H groups in total. The van der Waals surface area contributed by atoms with Crippen molar-refractivity contribution in [1.82, 2.24) is 0 Å². The van der Waals surface area contributed by atoms with Crippen LogP contribution < -0.4 is 0 Å². The second-order valence-electron chi connectivity index (χ2n) is 4.07. The van der Waals surface area contributed by atoms with Crippen LogP contribution in [0.25, 0.3) is 6.08 Å². The number of rotatable bonds is 3. The van der Waals surface area contributed by atoms with Gasteiger partial charge in [0.05, 0.1) is 5.02 Å². The van der Waals surface area contributed by atoms with Crippen molar-refractivity contribution in [1.29, 1.82) is 0 Å². The summed E-state index contributed by atoms with van der Waals surface area (Å²) in [6.45, 7) is 0. The Morgan fingerprint density at radius 3 is 2.40 bits per heavy atom. The lowest BCUT2D eigenvalue weighted by Crippen LogP contribution is -1.93. The zero-order valence-electron chi connectivity index (χ0n) is 10.2. The molecule has 0 spiro atoms. The number of carbonyl (C=O) groups excluding carboxylic acids is 1. The van der Waals surface area contributed by atoms with Gasteiger partial charge in [0, 0.05) is 9.13 Å². The molecule has 0 saturated carbocycles. The van der Waals surface area contributed by atoms with Crippen LogP contribution in [0.5, 0.6) is 11.5 Å². The van der Waals surface area contributed by atoms with Gasteiger partial charge >= 0.3 is 0 Å². The number of carbonyl (C=O) groups is 1. The number of phenolic OH excluding ortho intramolecular Hbond substituents is 2. The Balaban J connectivity index is 2.21. The highest BCUT2D eigenvalue weighted by molar-refractivity contribution is 14.1. The van der Waals surface area contributed by atoms with E-state index in [2.05, 4.69) is 22.6 Å². The zero-order chi connectivity index (χ0) is 14.7. The second-order valence-corrected chi connectivity index (χ2v) is 5.73. The molecule has 0 radical (unpaired) electrons. The van der Waals surface area contributed by atoms with Crippen LogP contribution in [0.3, 0.4) is 0 Å². The third kappa shape index (κ3) is 3.52. The first-order valence-corrected chi connectivity index (χ1v) is 7.12. The fourth-order valence-corrected chi connectivity index (χ4v) is 2.17. The van der Waals surface area contributed by atoms with E-state index in [1.165, 1.54) is 24.3 Å². The van der Waals surface area contributed by atoms with Crippen molar-refractivity contribution in [2.45, 2.75) is 0 Å². The van der Waals surface area contributed by atoms with Crippen molar-refractivity contribution < 1.29 is 15.0 Å². The van der Waals surface area contributed by atoms with Crippen LogP contribution >= 0.6 is 34.2 Å². The number of phenols is 2. The quantitative estimate of drug-likeness (QED) is 0.350. The highest BCUT2D eigenvalue weighted by atomic mass is 127. The van der Waals surface area contributed by atoms with Gasteiger partial charge in [-0.05, 0) is 58.5 Å². The number of benzene rings is 2. The van der Waals surface area contributed by atoms with Crippen molar-refractivity contribution in [3.63, 3.8) is 0 Å². The maximum absolute atomic E-state index is 11.9. The molecule has 2 aromatic rings. The van der Waals surface area contributed by atoms with E-state index in [1.807, 2.05) is 12.1 Å². The van der Waals surface area contributed by atoms with E-state index < -0.39 is 0 Å². The smallest absolute Gasteiger partial charge is 0.185 e. The molecule has 2 aromatic carbocycles. The summed E-state index contributed by atoms with van der Waals surface area (Å²) in [5, 5.41) is 18.8. The van der Waals surface area contributed by atoms with Crippen molar-refractivity contribution in [3.8, 4) is 11.5 Å². The molecule has 0 aliphatic rings. The molecule has 20 heavy (non-hydrogen) atoms. The molecule has 0 saturated heterocycles. The maximum Gasteiger partial charge on any atom is 0.185 e. The number of halogens is 2. The fraction of sp³-hybridized carbons (Fsp3) is 0. The average molecular weight is 401 g/mol. The van der Waals surface area contributed by atoms with Crippen LogP contribution in [-0.4, -0.2) is 16.0 Å².